The molecule has 0 amide bonds. The molecule has 0 spiro atoms. The van der Waals surface area contributed by atoms with Crippen LogP contribution in [-0.4, -0.2) is 14.5 Å². The Morgan fingerprint density at radius 3 is 2.75 bits per heavy atom. The van der Waals surface area contributed by atoms with Crippen molar-refractivity contribution in [3.8, 4) is 0 Å². The Kier molecular flexibility index (Phi) is 3.19. The van der Waals surface area contributed by atoms with E-state index >= 15 is 0 Å². The maximum absolute atomic E-state index is 4.43. The van der Waals surface area contributed by atoms with Gasteiger partial charge in [0, 0.05) is 31.7 Å². The highest BCUT2D eigenvalue weighted by atomic mass is 15.2. The minimum absolute atomic E-state index is 0.777. The molecule has 4 heteroatoms. The smallest absolute Gasteiger partial charge is 0.203 e. The summed E-state index contributed by atoms with van der Waals surface area (Å²) in [6.45, 7) is 5.82. The van der Waals surface area contributed by atoms with Gasteiger partial charge in [-0.15, -0.1) is 0 Å². The average Bonchev–Trinajstić information content (AvgIpc) is 2.68. The Hall–Kier alpha value is -1.84. The normalized spacial score (nSPS) is 10.4. The molecule has 2 aromatic heterocycles. The summed E-state index contributed by atoms with van der Waals surface area (Å²) in [6, 6.07) is 4.00. The lowest BCUT2D eigenvalue weighted by molar-refractivity contribution is 0.762. The molecule has 2 rings (SSSR count). The van der Waals surface area contributed by atoms with E-state index in [4.69, 9.17) is 0 Å². The van der Waals surface area contributed by atoms with Crippen molar-refractivity contribution in [2.24, 2.45) is 0 Å². The number of nitrogens with one attached hydrogen (secondary N) is 1. The highest BCUT2D eigenvalue weighted by Crippen LogP contribution is 2.09. The monoisotopic (exact) mass is 216 g/mol. The van der Waals surface area contributed by atoms with Crippen molar-refractivity contribution in [1.29, 1.82) is 0 Å². The summed E-state index contributed by atoms with van der Waals surface area (Å²) in [5, 5.41) is 3.33. The summed E-state index contributed by atoms with van der Waals surface area (Å²) in [6.07, 6.45) is 5.65. The van der Waals surface area contributed by atoms with E-state index in [1.165, 1.54) is 5.56 Å². The predicted molar refractivity (Wildman–Crippen MR) is 64.2 cm³/mol. The molecule has 0 aromatic carbocycles. The van der Waals surface area contributed by atoms with E-state index in [2.05, 4.69) is 33.0 Å². The van der Waals surface area contributed by atoms with Crippen LogP contribution in [0.2, 0.25) is 0 Å². The van der Waals surface area contributed by atoms with Gasteiger partial charge in [-0.3, -0.25) is 4.98 Å². The Morgan fingerprint density at radius 2 is 2.06 bits per heavy atom. The molecular formula is C12H16N4. The first kappa shape index (κ1) is 10.7. The molecule has 0 aliphatic heterocycles. The van der Waals surface area contributed by atoms with E-state index in [1.54, 1.807) is 12.4 Å². The Balaban J connectivity index is 2.04. The van der Waals surface area contributed by atoms with Crippen LogP contribution in [0.1, 0.15) is 18.2 Å². The van der Waals surface area contributed by atoms with Crippen molar-refractivity contribution >= 4 is 5.95 Å². The first-order valence-electron chi connectivity index (χ1n) is 5.46. The number of rotatable bonds is 4. The summed E-state index contributed by atoms with van der Waals surface area (Å²) in [7, 11) is 0. The van der Waals surface area contributed by atoms with Crippen molar-refractivity contribution < 1.29 is 0 Å². The second-order valence-corrected chi connectivity index (χ2v) is 3.70. The van der Waals surface area contributed by atoms with Crippen LogP contribution in [0.3, 0.4) is 0 Å². The number of pyridine rings is 1. The van der Waals surface area contributed by atoms with Gasteiger partial charge in [0.1, 0.15) is 0 Å². The third kappa shape index (κ3) is 2.39. The van der Waals surface area contributed by atoms with Gasteiger partial charge in [0.2, 0.25) is 5.95 Å². The molecule has 0 saturated heterocycles. The minimum Gasteiger partial charge on any atom is -0.352 e. The molecule has 16 heavy (non-hydrogen) atoms. The molecule has 0 fully saturated rings. The molecule has 0 saturated carbocycles. The maximum atomic E-state index is 4.43. The zero-order chi connectivity index (χ0) is 11.4. The van der Waals surface area contributed by atoms with Crippen LogP contribution in [0, 0.1) is 6.92 Å². The average molecular weight is 216 g/mol. The van der Waals surface area contributed by atoms with Crippen molar-refractivity contribution in [2.45, 2.75) is 26.9 Å². The van der Waals surface area contributed by atoms with Gasteiger partial charge >= 0.3 is 0 Å². The standard InChI is InChI=1S/C12H16N4/c1-3-16-9-10(2)15-12(16)14-8-11-4-6-13-7-5-11/h4-7,9H,3,8H2,1-2H3,(H,14,15). The van der Waals surface area contributed by atoms with Crippen molar-refractivity contribution in [3.63, 3.8) is 0 Å². The Morgan fingerprint density at radius 1 is 1.31 bits per heavy atom. The van der Waals surface area contributed by atoms with Gasteiger partial charge in [-0.2, -0.15) is 0 Å². The van der Waals surface area contributed by atoms with Gasteiger partial charge in [0.25, 0.3) is 0 Å². The van der Waals surface area contributed by atoms with Crippen LogP contribution in [-0.2, 0) is 13.1 Å². The molecule has 0 bridgehead atoms. The predicted octanol–water partition coefficient (Wildman–Crippen LogP) is 2.22. The van der Waals surface area contributed by atoms with Crippen LogP contribution in [0.4, 0.5) is 5.95 Å². The van der Waals surface area contributed by atoms with Crippen LogP contribution in [0.25, 0.3) is 0 Å². The molecule has 0 aliphatic rings. The summed E-state index contributed by atoms with van der Waals surface area (Å²) >= 11 is 0. The van der Waals surface area contributed by atoms with Crippen LogP contribution in [0.15, 0.2) is 30.7 Å². The van der Waals surface area contributed by atoms with E-state index in [0.29, 0.717) is 0 Å². The number of aryl methyl sites for hydroxylation is 2. The molecular weight excluding hydrogens is 200 g/mol. The van der Waals surface area contributed by atoms with E-state index in [0.717, 1.165) is 24.7 Å². The number of anilines is 1. The third-order valence-corrected chi connectivity index (χ3v) is 2.44. The highest BCUT2D eigenvalue weighted by molar-refractivity contribution is 5.30. The summed E-state index contributed by atoms with van der Waals surface area (Å²) < 4.78 is 2.11. The van der Waals surface area contributed by atoms with Crippen LogP contribution >= 0.6 is 0 Å². The molecule has 1 N–H and O–H groups in total. The third-order valence-electron chi connectivity index (χ3n) is 2.44. The van der Waals surface area contributed by atoms with Crippen molar-refractivity contribution in [3.05, 3.63) is 42.0 Å². The maximum Gasteiger partial charge on any atom is 0.203 e. The van der Waals surface area contributed by atoms with Gasteiger partial charge in [-0.25, -0.2) is 4.98 Å². The molecule has 0 atom stereocenters. The Labute approximate surface area is 95.4 Å². The van der Waals surface area contributed by atoms with Crippen molar-refractivity contribution in [1.82, 2.24) is 14.5 Å². The fourth-order valence-corrected chi connectivity index (χ4v) is 1.61. The quantitative estimate of drug-likeness (QED) is 0.852. The number of imidazole rings is 1. The van der Waals surface area contributed by atoms with Gasteiger partial charge in [0.15, 0.2) is 0 Å². The number of hydrogen-bond acceptors (Lipinski definition) is 3. The van der Waals surface area contributed by atoms with Crippen LogP contribution in [0.5, 0.6) is 0 Å². The summed E-state index contributed by atoms with van der Waals surface area (Å²) in [5.74, 6) is 0.928. The van der Waals surface area contributed by atoms with Gasteiger partial charge in [-0.05, 0) is 31.5 Å². The molecule has 4 nitrogen and oxygen atoms in total. The molecule has 0 radical (unpaired) electrons. The zero-order valence-corrected chi connectivity index (χ0v) is 9.64. The van der Waals surface area contributed by atoms with E-state index in [1.807, 2.05) is 19.1 Å². The van der Waals surface area contributed by atoms with Gasteiger partial charge in [-0.1, -0.05) is 0 Å². The highest BCUT2D eigenvalue weighted by Gasteiger charge is 2.02. The fraction of sp³-hybridized carbons (Fsp3) is 0.333. The number of hydrogen-bond donors (Lipinski definition) is 1. The Bertz CT molecular complexity index is 447. The molecule has 0 unspecified atom stereocenters. The van der Waals surface area contributed by atoms with Gasteiger partial charge in [0.05, 0.1) is 5.69 Å². The largest absolute Gasteiger partial charge is 0.352 e. The lowest BCUT2D eigenvalue weighted by atomic mass is 10.3. The van der Waals surface area contributed by atoms with E-state index in [9.17, 15) is 0 Å². The SMILES string of the molecule is CCn1cc(C)nc1NCc1ccncc1. The fourth-order valence-electron chi connectivity index (χ4n) is 1.61. The first-order chi connectivity index (χ1) is 7.79. The van der Waals surface area contributed by atoms with Crippen LogP contribution < -0.4 is 5.32 Å². The molecule has 0 aliphatic carbocycles. The molecule has 2 aromatic rings. The number of nitrogens with zero attached hydrogens (tertiary/aromatic N) is 3. The summed E-state index contributed by atoms with van der Waals surface area (Å²) in [5.41, 5.74) is 2.25. The lowest BCUT2D eigenvalue weighted by Crippen LogP contribution is -2.06. The molecule has 2 heterocycles. The van der Waals surface area contributed by atoms with Crippen molar-refractivity contribution in [2.75, 3.05) is 5.32 Å². The minimum atomic E-state index is 0.777. The topological polar surface area (TPSA) is 42.7 Å². The second kappa shape index (κ2) is 4.79. The lowest BCUT2D eigenvalue weighted by Gasteiger charge is -2.07. The zero-order valence-electron chi connectivity index (χ0n) is 9.64. The first-order valence-corrected chi connectivity index (χ1v) is 5.46. The van der Waals surface area contributed by atoms with Gasteiger partial charge < -0.3 is 9.88 Å². The molecule has 84 valence electrons. The summed E-state index contributed by atoms with van der Waals surface area (Å²) in [4.78, 5) is 8.42. The number of aromatic nitrogens is 3. The second-order valence-electron chi connectivity index (χ2n) is 3.70. The van der Waals surface area contributed by atoms with E-state index in [-0.39, 0.29) is 0 Å². The van der Waals surface area contributed by atoms with E-state index < -0.39 is 0 Å².